The predicted octanol–water partition coefficient (Wildman–Crippen LogP) is 7.49. The van der Waals surface area contributed by atoms with Crippen LogP contribution in [-0.4, -0.2) is 60.0 Å². The van der Waals surface area contributed by atoms with Gasteiger partial charge in [-0.25, -0.2) is 9.36 Å². The average molecular weight is 723 g/mol. The summed E-state index contributed by atoms with van der Waals surface area (Å²) in [6.45, 7) is 9.30. The molecule has 0 atom stereocenters. The van der Waals surface area contributed by atoms with Crippen LogP contribution < -0.4 is 0 Å². The third-order valence-electron chi connectivity index (χ3n) is 8.41. The fraction of sp³-hybridized carbons (Fsp3) is 0.158. The average Bonchev–Trinajstić information content (AvgIpc) is 3.95. The molecule has 0 amide bonds. The third kappa shape index (κ3) is 7.16. The van der Waals surface area contributed by atoms with Crippen molar-refractivity contribution in [1.29, 1.82) is 0 Å². The van der Waals surface area contributed by atoms with Crippen molar-refractivity contribution in [2.24, 2.45) is 0 Å². The highest BCUT2D eigenvalue weighted by Gasteiger charge is 2.24. The Morgan fingerprint density at radius 2 is 0.923 bits per heavy atom. The molecule has 4 aromatic heterocycles. The smallest absolute Gasteiger partial charge is 0.209 e. The van der Waals surface area contributed by atoms with Gasteiger partial charge in [-0.05, 0) is 95.1 Å². The monoisotopic (exact) mass is 722 g/mol. The molecule has 0 saturated carbocycles. The summed E-state index contributed by atoms with van der Waals surface area (Å²) in [5, 5.41) is 38.6. The molecule has 4 aromatic carbocycles. The third-order valence-corrected chi connectivity index (χ3v) is 10.8. The molecule has 258 valence electrons. The van der Waals surface area contributed by atoms with E-state index in [4.69, 9.17) is 20.4 Å². The van der Waals surface area contributed by atoms with Crippen molar-refractivity contribution in [3.05, 3.63) is 143 Å². The highest BCUT2D eigenvalue weighted by Crippen LogP contribution is 2.45. The maximum Gasteiger partial charge on any atom is 0.209 e. The van der Waals surface area contributed by atoms with Gasteiger partial charge in [0, 0.05) is 0 Å². The van der Waals surface area contributed by atoms with Crippen LogP contribution in [0.4, 0.5) is 0 Å². The number of rotatable bonds is 11. The van der Waals surface area contributed by atoms with Crippen LogP contribution in [0.25, 0.3) is 34.2 Å². The van der Waals surface area contributed by atoms with Crippen LogP contribution in [0.1, 0.15) is 33.4 Å². The maximum absolute atomic E-state index is 4.82. The van der Waals surface area contributed by atoms with Gasteiger partial charge in [0.05, 0.1) is 48.0 Å². The fourth-order valence-corrected chi connectivity index (χ4v) is 8.25. The van der Waals surface area contributed by atoms with Gasteiger partial charge in [0.2, 0.25) is 11.6 Å². The quantitative estimate of drug-likeness (QED) is 0.124. The van der Waals surface area contributed by atoms with E-state index in [2.05, 4.69) is 133 Å². The summed E-state index contributed by atoms with van der Waals surface area (Å²) < 4.78 is 3.83. The standard InChI is InChI=1S/C38H34N12S2/c1-25-11-15-31(16-12-25)49-37(33(21-39-49)35-41-45-47(43-35)23-29-9-5-7-27(3)19-29)51-52-38-34(22-40-50(38)32-17-13-26(2)14-18-32)36-42-46-48(44-36)24-30-10-6-8-28(4)20-30/h5-22H,23-24H2,1-4H3. The number of tetrazole rings is 2. The Balaban J connectivity index is 1.16. The van der Waals surface area contributed by atoms with E-state index >= 15 is 0 Å². The SMILES string of the molecule is Cc1ccc(-n2ncc(-c3nnn(Cc4cccc(C)c4)n3)c2SSc2c(-c3nnn(Cc4cccc(C)c4)n3)cnn2-c2ccc(C)cc2)cc1. The van der Waals surface area contributed by atoms with Gasteiger partial charge >= 0.3 is 0 Å². The van der Waals surface area contributed by atoms with Gasteiger partial charge < -0.3 is 0 Å². The first kappa shape index (κ1) is 33.3. The van der Waals surface area contributed by atoms with Crippen LogP contribution in [0.5, 0.6) is 0 Å². The fourth-order valence-electron chi connectivity index (χ4n) is 5.74. The van der Waals surface area contributed by atoms with Crippen molar-refractivity contribution in [1.82, 2.24) is 60.0 Å². The lowest BCUT2D eigenvalue weighted by atomic mass is 10.1. The lowest BCUT2D eigenvalue weighted by Gasteiger charge is -2.11. The van der Waals surface area contributed by atoms with E-state index < -0.39 is 0 Å². The normalized spacial score (nSPS) is 11.4. The molecule has 0 aliphatic heterocycles. The first-order valence-corrected chi connectivity index (χ1v) is 18.8. The van der Waals surface area contributed by atoms with Crippen LogP contribution in [0.15, 0.2) is 120 Å². The van der Waals surface area contributed by atoms with E-state index in [1.165, 1.54) is 32.7 Å². The second-order valence-electron chi connectivity index (χ2n) is 12.7. The van der Waals surface area contributed by atoms with Crippen LogP contribution in [-0.2, 0) is 13.1 Å². The lowest BCUT2D eigenvalue weighted by molar-refractivity contribution is 0.572. The molecule has 12 nitrogen and oxygen atoms in total. The van der Waals surface area contributed by atoms with E-state index in [1.54, 1.807) is 22.0 Å². The maximum atomic E-state index is 4.82. The molecule has 0 aliphatic rings. The summed E-state index contributed by atoms with van der Waals surface area (Å²) in [4.78, 5) is 3.23. The molecule has 4 heterocycles. The molecule has 0 unspecified atom stereocenters. The van der Waals surface area contributed by atoms with Gasteiger partial charge in [-0.1, -0.05) is 95.1 Å². The molecule has 8 rings (SSSR count). The Bertz CT molecular complexity index is 2300. The predicted molar refractivity (Wildman–Crippen MR) is 202 cm³/mol. The van der Waals surface area contributed by atoms with Gasteiger partial charge in [0.1, 0.15) is 10.1 Å². The first-order chi connectivity index (χ1) is 25.4. The van der Waals surface area contributed by atoms with Crippen LogP contribution >= 0.6 is 21.6 Å². The van der Waals surface area contributed by atoms with Crippen molar-refractivity contribution in [3.63, 3.8) is 0 Å². The molecule has 0 radical (unpaired) electrons. The second-order valence-corrected chi connectivity index (χ2v) is 14.8. The number of benzene rings is 4. The molecule has 8 aromatic rings. The van der Waals surface area contributed by atoms with Crippen LogP contribution in [0.2, 0.25) is 0 Å². The van der Waals surface area contributed by atoms with Gasteiger partial charge in [-0.3, -0.25) is 0 Å². The summed E-state index contributed by atoms with van der Waals surface area (Å²) in [7, 11) is 3.07. The highest BCUT2D eigenvalue weighted by atomic mass is 33.1. The van der Waals surface area contributed by atoms with E-state index in [-0.39, 0.29) is 0 Å². The number of hydrogen-bond acceptors (Lipinski definition) is 10. The molecular formula is C38H34N12S2. The minimum Gasteiger partial charge on any atom is -0.226 e. The summed E-state index contributed by atoms with van der Waals surface area (Å²) in [5.41, 5.74) is 10.3. The van der Waals surface area contributed by atoms with Crippen molar-refractivity contribution >= 4 is 21.6 Å². The number of nitrogens with zero attached hydrogens (tertiary/aromatic N) is 12. The Kier molecular flexibility index (Phi) is 9.22. The molecule has 52 heavy (non-hydrogen) atoms. The molecule has 0 aliphatic carbocycles. The Morgan fingerprint density at radius 3 is 1.33 bits per heavy atom. The van der Waals surface area contributed by atoms with Crippen molar-refractivity contribution < 1.29 is 0 Å². The molecule has 0 bridgehead atoms. The van der Waals surface area contributed by atoms with Gasteiger partial charge in [-0.2, -0.15) is 19.8 Å². The van der Waals surface area contributed by atoms with Crippen molar-refractivity contribution in [3.8, 4) is 34.2 Å². The first-order valence-electron chi connectivity index (χ1n) is 16.7. The molecule has 0 fully saturated rings. The minimum atomic E-state index is 0.488. The highest BCUT2D eigenvalue weighted by molar-refractivity contribution is 8.76. The molecule has 0 saturated heterocycles. The minimum absolute atomic E-state index is 0.488. The van der Waals surface area contributed by atoms with Gasteiger partial charge in [-0.15, -0.1) is 20.4 Å². The zero-order valence-electron chi connectivity index (χ0n) is 29.0. The van der Waals surface area contributed by atoms with E-state index in [0.717, 1.165) is 54.8 Å². The summed E-state index contributed by atoms with van der Waals surface area (Å²) >= 11 is 0. The van der Waals surface area contributed by atoms with E-state index in [0.29, 0.717) is 24.7 Å². The van der Waals surface area contributed by atoms with E-state index in [1.807, 2.05) is 21.5 Å². The number of hydrogen-bond donors (Lipinski definition) is 0. The Labute approximate surface area is 308 Å². The second kappa shape index (κ2) is 14.4. The summed E-state index contributed by atoms with van der Waals surface area (Å²) in [6, 6.07) is 33.1. The molecule has 14 heteroatoms. The summed E-state index contributed by atoms with van der Waals surface area (Å²) in [6.07, 6.45) is 3.60. The Morgan fingerprint density at radius 1 is 0.500 bits per heavy atom. The topological polar surface area (TPSA) is 123 Å². The zero-order chi connectivity index (χ0) is 35.6. The zero-order valence-corrected chi connectivity index (χ0v) is 30.6. The molecular weight excluding hydrogens is 689 g/mol. The molecule has 0 N–H and O–H groups in total. The van der Waals surface area contributed by atoms with Crippen molar-refractivity contribution in [2.75, 3.05) is 0 Å². The number of aryl methyl sites for hydroxylation is 4. The Hall–Kier alpha value is -5.86. The van der Waals surface area contributed by atoms with E-state index in [9.17, 15) is 0 Å². The number of aromatic nitrogens is 12. The van der Waals surface area contributed by atoms with Gasteiger partial charge in [0.15, 0.2) is 0 Å². The lowest BCUT2D eigenvalue weighted by Crippen LogP contribution is -2.04. The van der Waals surface area contributed by atoms with Crippen molar-refractivity contribution in [2.45, 2.75) is 50.8 Å². The van der Waals surface area contributed by atoms with Crippen LogP contribution in [0.3, 0.4) is 0 Å². The molecule has 0 spiro atoms. The summed E-state index contributed by atoms with van der Waals surface area (Å²) in [5.74, 6) is 0.976. The van der Waals surface area contributed by atoms with Gasteiger partial charge in [0.25, 0.3) is 0 Å². The van der Waals surface area contributed by atoms with Crippen LogP contribution in [0, 0.1) is 27.7 Å². The largest absolute Gasteiger partial charge is 0.226 e.